The number of rotatable bonds is 5. The molecule has 0 spiro atoms. The standard InChI is InChI=1S/C19H16ClNO3/c1-24-16-8-4-14(5-9-16)17-11-21(12-18(17)19(22)23)10-13-2-6-15(20)7-3-13/h2-9,11-12H,10H2,1H3,(H,22,23). The average Bonchev–Trinajstić information content (AvgIpc) is 3.01. The Morgan fingerprint density at radius 3 is 2.33 bits per heavy atom. The van der Waals surface area contributed by atoms with E-state index in [0.717, 1.165) is 16.9 Å². The van der Waals surface area contributed by atoms with Gasteiger partial charge in [-0.1, -0.05) is 35.9 Å². The van der Waals surface area contributed by atoms with Crippen molar-refractivity contribution in [2.45, 2.75) is 6.54 Å². The fourth-order valence-corrected chi connectivity index (χ4v) is 2.70. The highest BCUT2D eigenvalue weighted by Gasteiger charge is 2.15. The summed E-state index contributed by atoms with van der Waals surface area (Å²) >= 11 is 5.90. The predicted octanol–water partition coefficient (Wildman–Crippen LogP) is 4.56. The zero-order valence-corrected chi connectivity index (χ0v) is 13.8. The first-order valence-electron chi connectivity index (χ1n) is 7.39. The van der Waals surface area contributed by atoms with Crippen molar-refractivity contribution >= 4 is 17.6 Å². The van der Waals surface area contributed by atoms with E-state index < -0.39 is 5.97 Å². The summed E-state index contributed by atoms with van der Waals surface area (Å²) in [5.41, 5.74) is 2.84. The van der Waals surface area contributed by atoms with Gasteiger partial charge in [0.2, 0.25) is 0 Å². The average molecular weight is 342 g/mol. The number of nitrogens with zero attached hydrogens (tertiary/aromatic N) is 1. The molecule has 0 radical (unpaired) electrons. The van der Waals surface area contributed by atoms with Crippen LogP contribution in [0, 0.1) is 0 Å². The summed E-state index contributed by atoms with van der Waals surface area (Å²) in [4.78, 5) is 11.6. The molecule has 5 heteroatoms. The minimum Gasteiger partial charge on any atom is -0.497 e. The molecule has 0 saturated heterocycles. The molecular formula is C19H16ClNO3. The number of ether oxygens (including phenoxy) is 1. The van der Waals surface area contributed by atoms with E-state index in [9.17, 15) is 9.90 Å². The maximum absolute atomic E-state index is 11.6. The van der Waals surface area contributed by atoms with Crippen molar-refractivity contribution in [3.8, 4) is 16.9 Å². The minimum atomic E-state index is -0.948. The fraction of sp³-hybridized carbons (Fsp3) is 0.105. The molecule has 1 N–H and O–H groups in total. The highest BCUT2D eigenvalue weighted by molar-refractivity contribution is 6.30. The molecule has 0 atom stereocenters. The number of carbonyl (C=O) groups is 1. The SMILES string of the molecule is COc1ccc(-c2cn(Cc3ccc(Cl)cc3)cc2C(=O)O)cc1. The first-order valence-corrected chi connectivity index (χ1v) is 7.76. The van der Waals surface area contributed by atoms with Gasteiger partial charge < -0.3 is 14.4 Å². The van der Waals surface area contributed by atoms with Gasteiger partial charge in [-0.25, -0.2) is 4.79 Å². The Bertz CT molecular complexity index is 851. The van der Waals surface area contributed by atoms with Gasteiger partial charge in [0, 0.05) is 29.5 Å². The summed E-state index contributed by atoms with van der Waals surface area (Å²) < 4.78 is 7.01. The van der Waals surface area contributed by atoms with Crippen molar-refractivity contribution < 1.29 is 14.6 Å². The molecule has 0 aliphatic carbocycles. The molecule has 3 rings (SSSR count). The van der Waals surface area contributed by atoms with E-state index in [2.05, 4.69) is 0 Å². The van der Waals surface area contributed by atoms with E-state index in [0.29, 0.717) is 17.1 Å². The van der Waals surface area contributed by atoms with Crippen LogP contribution in [0.15, 0.2) is 60.9 Å². The van der Waals surface area contributed by atoms with Crippen LogP contribution in [0.5, 0.6) is 5.75 Å². The molecular weight excluding hydrogens is 326 g/mol. The normalized spacial score (nSPS) is 10.6. The van der Waals surface area contributed by atoms with E-state index in [4.69, 9.17) is 16.3 Å². The fourth-order valence-electron chi connectivity index (χ4n) is 2.57. The Labute approximate surface area is 144 Å². The summed E-state index contributed by atoms with van der Waals surface area (Å²) in [5.74, 6) is -0.216. The van der Waals surface area contributed by atoms with E-state index in [-0.39, 0.29) is 5.56 Å². The molecule has 2 aromatic carbocycles. The van der Waals surface area contributed by atoms with Gasteiger partial charge in [0.05, 0.1) is 12.7 Å². The second-order valence-corrected chi connectivity index (χ2v) is 5.85. The van der Waals surface area contributed by atoms with Crippen LogP contribution >= 0.6 is 11.6 Å². The van der Waals surface area contributed by atoms with Crippen molar-refractivity contribution in [3.63, 3.8) is 0 Å². The monoisotopic (exact) mass is 341 g/mol. The Morgan fingerprint density at radius 2 is 1.75 bits per heavy atom. The molecule has 3 aromatic rings. The van der Waals surface area contributed by atoms with Crippen molar-refractivity contribution in [1.29, 1.82) is 0 Å². The lowest BCUT2D eigenvalue weighted by atomic mass is 10.0. The predicted molar refractivity (Wildman–Crippen MR) is 93.9 cm³/mol. The number of methoxy groups -OCH3 is 1. The van der Waals surface area contributed by atoms with Crippen molar-refractivity contribution in [2.24, 2.45) is 0 Å². The van der Waals surface area contributed by atoms with E-state index in [1.54, 1.807) is 13.3 Å². The van der Waals surface area contributed by atoms with Gasteiger partial charge in [-0.05, 0) is 35.4 Å². The Morgan fingerprint density at radius 1 is 1.08 bits per heavy atom. The van der Waals surface area contributed by atoms with Crippen molar-refractivity contribution in [2.75, 3.05) is 7.11 Å². The van der Waals surface area contributed by atoms with Crippen LogP contribution in [0.25, 0.3) is 11.1 Å². The number of benzene rings is 2. The first kappa shape index (κ1) is 16.1. The lowest BCUT2D eigenvalue weighted by Gasteiger charge is -2.04. The van der Waals surface area contributed by atoms with Gasteiger partial charge in [0.15, 0.2) is 0 Å². The topological polar surface area (TPSA) is 51.5 Å². The van der Waals surface area contributed by atoms with Crippen LogP contribution in [0.1, 0.15) is 15.9 Å². The maximum atomic E-state index is 11.6. The smallest absolute Gasteiger partial charge is 0.337 e. The number of carboxylic acids is 1. The molecule has 0 aliphatic heterocycles. The van der Waals surface area contributed by atoms with E-state index >= 15 is 0 Å². The molecule has 24 heavy (non-hydrogen) atoms. The molecule has 0 bridgehead atoms. The van der Waals surface area contributed by atoms with Gasteiger partial charge in [-0.2, -0.15) is 0 Å². The third kappa shape index (κ3) is 3.44. The summed E-state index contributed by atoms with van der Waals surface area (Å²) in [6.07, 6.45) is 3.50. The minimum absolute atomic E-state index is 0.272. The molecule has 0 aliphatic rings. The first-order chi connectivity index (χ1) is 11.6. The second-order valence-electron chi connectivity index (χ2n) is 5.42. The molecule has 122 valence electrons. The van der Waals surface area contributed by atoms with Crippen LogP contribution in [0.2, 0.25) is 5.02 Å². The van der Waals surface area contributed by atoms with Crippen molar-refractivity contribution in [3.05, 3.63) is 77.1 Å². The quantitative estimate of drug-likeness (QED) is 0.740. The number of hydrogen-bond acceptors (Lipinski definition) is 2. The second kappa shape index (κ2) is 6.81. The largest absolute Gasteiger partial charge is 0.497 e. The number of carboxylic acid groups (broad SMARTS) is 1. The zero-order valence-electron chi connectivity index (χ0n) is 13.1. The highest BCUT2D eigenvalue weighted by atomic mass is 35.5. The van der Waals surface area contributed by atoms with E-state index in [1.807, 2.05) is 59.3 Å². The summed E-state index contributed by atoms with van der Waals surface area (Å²) in [5, 5.41) is 10.2. The summed E-state index contributed by atoms with van der Waals surface area (Å²) in [6.45, 7) is 0.577. The Balaban J connectivity index is 1.95. The lowest BCUT2D eigenvalue weighted by Crippen LogP contribution is -1.98. The number of aromatic carboxylic acids is 1. The highest BCUT2D eigenvalue weighted by Crippen LogP contribution is 2.27. The molecule has 0 unspecified atom stereocenters. The summed E-state index contributed by atoms with van der Waals surface area (Å²) in [6, 6.07) is 14.8. The molecule has 0 saturated carbocycles. The van der Waals surface area contributed by atoms with Crippen LogP contribution in [0.3, 0.4) is 0 Å². The Kier molecular flexibility index (Phi) is 4.58. The van der Waals surface area contributed by atoms with Crippen LogP contribution in [0.4, 0.5) is 0 Å². The third-order valence-electron chi connectivity index (χ3n) is 3.79. The van der Waals surface area contributed by atoms with Gasteiger partial charge in [-0.3, -0.25) is 0 Å². The third-order valence-corrected chi connectivity index (χ3v) is 4.04. The molecule has 0 fully saturated rings. The summed E-state index contributed by atoms with van der Waals surface area (Å²) in [7, 11) is 1.60. The van der Waals surface area contributed by atoms with E-state index in [1.165, 1.54) is 0 Å². The number of halogens is 1. The molecule has 0 amide bonds. The zero-order chi connectivity index (χ0) is 17.1. The number of aromatic nitrogens is 1. The van der Waals surface area contributed by atoms with Gasteiger partial charge in [-0.15, -0.1) is 0 Å². The van der Waals surface area contributed by atoms with Gasteiger partial charge >= 0.3 is 5.97 Å². The molecule has 4 nitrogen and oxygen atoms in total. The molecule has 1 aromatic heterocycles. The Hall–Kier alpha value is -2.72. The maximum Gasteiger partial charge on any atom is 0.337 e. The van der Waals surface area contributed by atoms with Gasteiger partial charge in [0.1, 0.15) is 5.75 Å². The number of hydrogen-bond donors (Lipinski definition) is 1. The van der Waals surface area contributed by atoms with Gasteiger partial charge in [0.25, 0.3) is 0 Å². The van der Waals surface area contributed by atoms with Crippen LogP contribution in [-0.2, 0) is 6.54 Å². The van der Waals surface area contributed by atoms with Crippen LogP contribution in [-0.4, -0.2) is 22.8 Å². The molecule has 1 heterocycles. The van der Waals surface area contributed by atoms with Crippen molar-refractivity contribution in [1.82, 2.24) is 4.57 Å². The lowest BCUT2D eigenvalue weighted by molar-refractivity contribution is 0.0697. The van der Waals surface area contributed by atoms with Crippen LogP contribution < -0.4 is 4.74 Å².